The van der Waals surface area contributed by atoms with Gasteiger partial charge in [-0.25, -0.2) is 0 Å². The smallest absolute Gasteiger partial charge is 0.161 e. The van der Waals surface area contributed by atoms with Gasteiger partial charge in [-0.1, -0.05) is 18.2 Å². The summed E-state index contributed by atoms with van der Waals surface area (Å²) in [6.45, 7) is 4.32. The molecule has 0 fully saturated rings. The Kier molecular flexibility index (Phi) is 2.92. The Morgan fingerprint density at radius 3 is 2.87 bits per heavy atom. The van der Waals surface area contributed by atoms with Crippen molar-refractivity contribution in [2.75, 3.05) is 13.7 Å². The third-order valence-electron chi connectivity index (χ3n) is 2.52. The number of para-hydroxylation sites is 2. The van der Waals surface area contributed by atoms with Crippen molar-refractivity contribution in [3.8, 4) is 11.5 Å². The fourth-order valence-corrected chi connectivity index (χ4v) is 1.67. The second kappa shape index (κ2) is 4.36. The maximum absolute atomic E-state index is 5.82. The molecule has 2 unspecified atom stereocenters. The monoisotopic (exact) mass is 205 g/mol. The average molecular weight is 205 g/mol. The lowest BCUT2D eigenvalue weighted by atomic mass is 10.1. The van der Waals surface area contributed by atoms with Crippen LogP contribution in [0.15, 0.2) is 36.9 Å². The summed E-state index contributed by atoms with van der Waals surface area (Å²) in [7, 11) is 1.89. The zero-order valence-corrected chi connectivity index (χ0v) is 8.77. The van der Waals surface area contributed by atoms with Gasteiger partial charge in [0.15, 0.2) is 17.6 Å². The van der Waals surface area contributed by atoms with E-state index in [0.29, 0.717) is 6.61 Å². The van der Waals surface area contributed by atoms with Gasteiger partial charge in [-0.05, 0) is 19.2 Å². The van der Waals surface area contributed by atoms with E-state index in [1.54, 1.807) is 0 Å². The lowest BCUT2D eigenvalue weighted by Gasteiger charge is -2.30. The van der Waals surface area contributed by atoms with E-state index in [0.717, 1.165) is 11.5 Å². The number of fused-ring (bicyclic) bond motifs is 1. The van der Waals surface area contributed by atoms with Crippen LogP contribution in [-0.2, 0) is 0 Å². The molecule has 1 aliphatic heterocycles. The van der Waals surface area contributed by atoms with Crippen LogP contribution in [-0.4, -0.2) is 25.8 Å². The summed E-state index contributed by atoms with van der Waals surface area (Å²) in [5.74, 6) is 1.61. The van der Waals surface area contributed by atoms with Crippen LogP contribution in [0.1, 0.15) is 0 Å². The van der Waals surface area contributed by atoms with Crippen molar-refractivity contribution in [2.45, 2.75) is 12.1 Å². The fourth-order valence-electron chi connectivity index (χ4n) is 1.67. The molecule has 1 aliphatic rings. The molecule has 0 saturated heterocycles. The van der Waals surface area contributed by atoms with E-state index in [4.69, 9.17) is 9.47 Å². The molecule has 2 atom stereocenters. The maximum atomic E-state index is 5.82. The Hall–Kier alpha value is -1.48. The predicted molar refractivity (Wildman–Crippen MR) is 59.4 cm³/mol. The molecule has 0 aromatic heterocycles. The molecule has 3 heteroatoms. The highest BCUT2D eigenvalue weighted by atomic mass is 16.6. The topological polar surface area (TPSA) is 30.5 Å². The van der Waals surface area contributed by atoms with Crippen LogP contribution in [0, 0.1) is 0 Å². The summed E-state index contributed by atoms with van der Waals surface area (Å²) in [6.07, 6.45) is 1.82. The second-order valence-corrected chi connectivity index (χ2v) is 3.46. The molecule has 3 nitrogen and oxygen atoms in total. The van der Waals surface area contributed by atoms with E-state index in [2.05, 4.69) is 11.9 Å². The van der Waals surface area contributed by atoms with E-state index in [-0.39, 0.29) is 12.1 Å². The van der Waals surface area contributed by atoms with Crippen molar-refractivity contribution in [3.05, 3.63) is 36.9 Å². The van der Waals surface area contributed by atoms with Crippen molar-refractivity contribution in [1.29, 1.82) is 0 Å². The van der Waals surface area contributed by atoms with Gasteiger partial charge >= 0.3 is 0 Å². The molecule has 2 rings (SSSR count). The highest BCUT2D eigenvalue weighted by Gasteiger charge is 2.25. The normalized spacial score (nSPS) is 20.7. The standard InChI is InChI=1S/C12H15NO2/c1-3-9(13-2)12-8-14-10-6-4-5-7-11(10)15-12/h3-7,9,12-13H,1,8H2,2H3. The molecular formula is C12H15NO2. The van der Waals surface area contributed by atoms with Crippen LogP contribution >= 0.6 is 0 Å². The third kappa shape index (κ3) is 1.97. The van der Waals surface area contributed by atoms with Gasteiger partial charge in [-0.3, -0.25) is 0 Å². The Balaban J connectivity index is 2.14. The predicted octanol–water partition coefficient (Wildman–Crippen LogP) is 1.60. The number of likely N-dealkylation sites (N-methyl/N-ethyl adjacent to an activating group) is 1. The molecule has 0 bridgehead atoms. The van der Waals surface area contributed by atoms with Crippen LogP contribution in [0.5, 0.6) is 11.5 Å². The van der Waals surface area contributed by atoms with Crippen molar-refractivity contribution >= 4 is 0 Å². The molecule has 0 spiro atoms. The largest absolute Gasteiger partial charge is 0.486 e. The number of ether oxygens (including phenoxy) is 2. The molecule has 0 aliphatic carbocycles. The third-order valence-corrected chi connectivity index (χ3v) is 2.52. The van der Waals surface area contributed by atoms with Crippen LogP contribution in [0.25, 0.3) is 0 Å². The minimum absolute atomic E-state index is 0.0117. The van der Waals surface area contributed by atoms with Crippen molar-refractivity contribution < 1.29 is 9.47 Å². The molecule has 1 aromatic carbocycles. The summed E-state index contributed by atoms with van der Waals surface area (Å²) in [4.78, 5) is 0. The highest BCUT2D eigenvalue weighted by molar-refractivity contribution is 5.40. The Morgan fingerprint density at radius 2 is 2.20 bits per heavy atom. The first-order valence-electron chi connectivity index (χ1n) is 5.03. The van der Waals surface area contributed by atoms with Crippen LogP contribution in [0.2, 0.25) is 0 Å². The molecule has 1 heterocycles. The number of rotatable bonds is 3. The van der Waals surface area contributed by atoms with Gasteiger partial charge in [0.25, 0.3) is 0 Å². The maximum Gasteiger partial charge on any atom is 0.161 e. The summed E-state index contributed by atoms with van der Waals surface area (Å²) in [5.41, 5.74) is 0. The lowest BCUT2D eigenvalue weighted by Crippen LogP contribution is -2.45. The molecule has 0 saturated carbocycles. The molecular weight excluding hydrogens is 190 g/mol. The number of hydrogen-bond donors (Lipinski definition) is 1. The zero-order chi connectivity index (χ0) is 10.7. The molecule has 80 valence electrons. The van der Waals surface area contributed by atoms with E-state index in [9.17, 15) is 0 Å². The Bertz CT molecular complexity index is 351. The van der Waals surface area contributed by atoms with E-state index in [1.165, 1.54) is 0 Å². The average Bonchev–Trinajstić information content (AvgIpc) is 2.30. The van der Waals surface area contributed by atoms with E-state index >= 15 is 0 Å². The van der Waals surface area contributed by atoms with E-state index in [1.807, 2.05) is 37.4 Å². The number of benzene rings is 1. The van der Waals surface area contributed by atoms with Gasteiger partial charge in [-0.2, -0.15) is 0 Å². The van der Waals surface area contributed by atoms with Crippen molar-refractivity contribution in [3.63, 3.8) is 0 Å². The Morgan fingerprint density at radius 1 is 1.47 bits per heavy atom. The van der Waals surface area contributed by atoms with Gasteiger partial charge in [0.05, 0.1) is 6.04 Å². The summed E-state index contributed by atoms with van der Waals surface area (Å²) >= 11 is 0. The summed E-state index contributed by atoms with van der Waals surface area (Å²) in [6, 6.07) is 7.81. The minimum atomic E-state index is -0.0117. The second-order valence-electron chi connectivity index (χ2n) is 3.46. The first kappa shape index (κ1) is 10.1. The van der Waals surface area contributed by atoms with E-state index < -0.39 is 0 Å². The first-order valence-corrected chi connectivity index (χ1v) is 5.03. The highest BCUT2D eigenvalue weighted by Crippen LogP contribution is 2.31. The summed E-state index contributed by atoms with van der Waals surface area (Å²) < 4.78 is 11.4. The molecule has 0 radical (unpaired) electrons. The number of nitrogens with one attached hydrogen (secondary N) is 1. The van der Waals surface area contributed by atoms with Crippen LogP contribution in [0.4, 0.5) is 0 Å². The van der Waals surface area contributed by atoms with Gasteiger partial charge in [-0.15, -0.1) is 6.58 Å². The fraction of sp³-hybridized carbons (Fsp3) is 0.333. The molecule has 0 amide bonds. The quantitative estimate of drug-likeness (QED) is 0.760. The van der Waals surface area contributed by atoms with Gasteiger partial charge < -0.3 is 14.8 Å². The summed E-state index contributed by atoms with van der Waals surface area (Å²) in [5, 5.41) is 3.13. The van der Waals surface area contributed by atoms with Crippen LogP contribution in [0.3, 0.4) is 0 Å². The van der Waals surface area contributed by atoms with Crippen molar-refractivity contribution in [1.82, 2.24) is 5.32 Å². The SMILES string of the molecule is C=CC(NC)C1COc2ccccc2O1. The van der Waals surface area contributed by atoms with Gasteiger partial charge in [0.1, 0.15) is 6.61 Å². The molecule has 1 aromatic rings. The molecule has 15 heavy (non-hydrogen) atoms. The van der Waals surface area contributed by atoms with Gasteiger partial charge in [0.2, 0.25) is 0 Å². The number of hydrogen-bond acceptors (Lipinski definition) is 3. The first-order chi connectivity index (χ1) is 7.35. The zero-order valence-electron chi connectivity index (χ0n) is 8.77. The van der Waals surface area contributed by atoms with Crippen molar-refractivity contribution in [2.24, 2.45) is 0 Å². The Labute approximate surface area is 89.7 Å². The van der Waals surface area contributed by atoms with Crippen LogP contribution < -0.4 is 14.8 Å². The molecule has 1 N–H and O–H groups in total. The van der Waals surface area contributed by atoms with Gasteiger partial charge in [0, 0.05) is 0 Å². The lowest BCUT2D eigenvalue weighted by molar-refractivity contribution is 0.0756. The minimum Gasteiger partial charge on any atom is -0.486 e.